The third-order valence-electron chi connectivity index (χ3n) is 3.51. The van der Waals surface area contributed by atoms with Crippen LogP contribution in [0.3, 0.4) is 0 Å². The first-order valence-electron chi connectivity index (χ1n) is 8.23. The number of ether oxygens (including phenoxy) is 2. The minimum Gasteiger partial charge on any atom is -0.489 e. The van der Waals surface area contributed by atoms with Gasteiger partial charge in [0.2, 0.25) is 0 Å². The Hall–Kier alpha value is -1.09. The third kappa shape index (κ3) is 7.65. The second kappa shape index (κ2) is 11.5. The Balaban J connectivity index is 0.00000288. The molecular formula is C17H27FIN3O2. The van der Waals surface area contributed by atoms with E-state index < -0.39 is 0 Å². The highest BCUT2D eigenvalue weighted by Crippen LogP contribution is 2.14. The van der Waals surface area contributed by atoms with E-state index in [2.05, 4.69) is 15.6 Å². The summed E-state index contributed by atoms with van der Waals surface area (Å²) in [6.07, 6.45) is 2.33. The fourth-order valence-corrected chi connectivity index (χ4v) is 2.39. The molecule has 1 aromatic carbocycles. The Labute approximate surface area is 160 Å². The summed E-state index contributed by atoms with van der Waals surface area (Å²) < 4.78 is 24.4. The van der Waals surface area contributed by atoms with E-state index in [4.69, 9.17) is 9.47 Å². The van der Waals surface area contributed by atoms with Gasteiger partial charge in [0.15, 0.2) is 5.96 Å². The molecule has 1 fully saturated rings. The quantitative estimate of drug-likeness (QED) is 0.381. The molecule has 136 valence electrons. The number of halogens is 2. The van der Waals surface area contributed by atoms with Crippen molar-refractivity contribution in [2.45, 2.75) is 38.9 Å². The number of aliphatic imine (C=N–C) groups is 1. The first kappa shape index (κ1) is 21.0. The summed E-state index contributed by atoms with van der Waals surface area (Å²) in [5, 5.41) is 6.49. The lowest BCUT2D eigenvalue weighted by Gasteiger charge is -2.16. The Morgan fingerprint density at radius 2 is 2.29 bits per heavy atom. The van der Waals surface area contributed by atoms with Gasteiger partial charge in [-0.25, -0.2) is 9.38 Å². The Kier molecular flexibility index (Phi) is 10.0. The van der Waals surface area contributed by atoms with Crippen LogP contribution >= 0.6 is 24.0 Å². The largest absolute Gasteiger partial charge is 0.489 e. The van der Waals surface area contributed by atoms with Crippen LogP contribution in [-0.4, -0.2) is 44.4 Å². The molecular weight excluding hydrogens is 424 g/mol. The first-order valence-corrected chi connectivity index (χ1v) is 8.23. The minimum absolute atomic E-state index is 0. The van der Waals surface area contributed by atoms with Gasteiger partial charge in [0, 0.05) is 25.8 Å². The molecule has 2 N–H and O–H groups in total. The normalized spacial score (nSPS) is 18.6. The molecule has 24 heavy (non-hydrogen) atoms. The number of hydrogen-bond acceptors (Lipinski definition) is 3. The standard InChI is InChI=1S/C17H26FN3O2.HI/c1-3-19-17(21-12-16-8-5-9-22-16)20-11-13(2)23-15-7-4-6-14(18)10-15;/h4,6-7,10,13,16H,3,5,8-9,11-12H2,1-2H3,(H2,19,20,21);1H. The van der Waals surface area contributed by atoms with Crippen molar-refractivity contribution >= 4 is 29.9 Å². The Morgan fingerprint density at radius 1 is 1.46 bits per heavy atom. The third-order valence-corrected chi connectivity index (χ3v) is 3.51. The molecule has 0 bridgehead atoms. The highest BCUT2D eigenvalue weighted by Gasteiger charge is 2.15. The average molecular weight is 451 g/mol. The maximum Gasteiger partial charge on any atom is 0.191 e. The number of guanidine groups is 1. The van der Waals surface area contributed by atoms with E-state index in [1.165, 1.54) is 12.1 Å². The van der Waals surface area contributed by atoms with E-state index in [1.54, 1.807) is 12.1 Å². The first-order chi connectivity index (χ1) is 11.2. The summed E-state index contributed by atoms with van der Waals surface area (Å²) >= 11 is 0. The van der Waals surface area contributed by atoms with Crippen LogP contribution in [0.25, 0.3) is 0 Å². The number of hydrogen-bond donors (Lipinski definition) is 2. The van der Waals surface area contributed by atoms with Gasteiger partial charge in [-0.1, -0.05) is 6.07 Å². The maximum atomic E-state index is 13.1. The molecule has 1 saturated heterocycles. The van der Waals surface area contributed by atoms with Gasteiger partial charge in [-0.15, -0.1) is 24.0 Å². The van der Waals surface area contributed by atoms with Gasteiger partial charge in [0.05, 0.1) is 12.6 Å². The van der Waals surface area contributed by atoms with Crippen molar-refractivity contribution in [2.24, 2.45) is 4.99 Å². The fourth-order valence-electron chi connectivity index (χ4n) is 2.39. The van der Waals surface area contributed by atoms with E-state index in [1.807, 2.05) is 13.8 Å². The van der Waals surface area contributed by atoms with Crippen LogP contribution in [0, 0.1) is 5.82 Å². The lowest BCUT2D eigenvalue weighted by atomic mass is 10.2. The molecule has 1 aliphatic heterocycles. The number of nitrogens with one attached hydrogen (secondary N) is 2. The van der Waals surface area contributed by atoms with Crippen LogP contribution in [-0.2, 0) is 4.74 Å². The van der Waals surface area contributed by atoms with Crippen LogP contribution in [0.4, 0.5) is 4.39 Å². The zero-order valence-electron chi connectivity index (χ0n) is 14.3. The zero-order chi connectivity index (χ0) is 16.5. The maximum absolute atomic E-state index is 13.1. The van der Waals surface area contributed by atoms with Crippen molar-refractivity contribution in [3.05, 3.63) is 30.1 Å². The molecule has 2 atom stereocenters. The number of nitrogens with zero attached hydrogens (tertiary/aromatic N) is 1. The number of benzene rings is 1. The van der Waals surface area contributed by atoms with Crippen molar-refractivity contribution in [2.75, 3.05) is 26.2 Å². The van der Waals surface area contributed by atoms with Crippen molar-refractivity contribution in [1.82, 2.24) is 10.6 Å². The van der Waals surface area contributed by atoms with Gasteiger partial charge >= 0.3 is 0 Å². The van der Waals surface area contributed by atoms with E-state index in [-0.39, 0.29) is 42.0 Å². The molecule has 0 saturated carbocycles. The van der Waals surface area contributed by atoms with E-state index in [9.17, 15) is 4.39 Å². The van der Waals surface area contributed by atoms with Gasteiger partial charge in [-0.05, 0) is 38.8 Å². The number of rotatable bonds is 7. The predicted molar refractivity (Wildman–Crippen MR) is 105 cm³/mol. The lowest BCUT2D eigenvalue weighted by molar-refractivity contribution is 0.113. The molecule has 0 spiro atoms. The van der Waals surface area contributed by atoms with Gasteiger partial charge in [-0.2, -0.15) is 0 Å². The molecule has 1 heterocycles. The second-order valence-corrected chi connectivity index (χ2v) is 5.62. The highest BCUT2D eigenvalue weighted by molar-refractivity contribution is 14.0. The highest BCUT2D eigenvalue weighted by atomic mass is 127. The zero-order valence-corrected chi connectivity index (χ0v) is 16.6. The molecule has 0 aliphatic carbocycles. The van der Waals surface area contributed by atoms with Crippen LogP contribution in [0.5, 0.6) is 5.75 Å². The van der Waals surface area contributed by atoms with Gasteiger partial charge in [-0.3, -0.25) is 0 Å². The monoisotopic (exact) mass is 451 g/mol. The second-order valence-electron chi connectivity index (χ2n) is 5.62. The lowest BCUT2D eigenvalue weighted by Crippen LogP contribution is -2.41. The van der Waals surface area contributed by atoms with Gasteiger partial charge in [0.25, 0.3) is 0 Å². The van der Waals surface area contributed by atoms with Gasteiger partial charge in [0.1, 0.15) is 17.7 Å². The molecule has 2 rings (SSSR count). The minimum atomic E-state index is -0.301. The average Bonchev–Trinajstić information content (AvgIpc) is 3.03. The summed E-state index contributed by atoms with van der Waals surface area (Å²) in [6, 6.07) is 6.15. The van der Waals surface area contributed by atoms with Crippen LogP contribution in [0.15, 0.2) is 29.3 Å². The predicted octanol–water partition coefficient (Wildman–Crippen LogP) is 2.95. The van der Waals surface area contributed by atoms with Crippen molar-refractivity contribution in [3.63, 3.8) is 0 Å². The molecule has 7 heteroatoms. The SMILES string of the molecule is CCNC(=NCC(C)Oc1cccc(F)c1)NCC1CCCO1.I. The molecule has 5 nitrogen and oxygen atoms in total. The fraction of sp³-hybridized carbons (Fsp3) is 0.588. The van der Waals surface area contributed by atoms with E-state index in [0.29, 0.717) is 12.3 Å². The smallest absolute Gasteiger partial charge is 0.191 e. The molecule has 0 aromatic heterocycles. The molecule has 1 aliphatic rings. The Bertz CT molecular complexity index is 510. The Morgan fingerprint density at radius 3 is 2.96 bits per heavy atom. The van der Waals surface area contributed by atoms with Gasteiger partial charge < -0.3 is 20.1 Å². The summed E-state index contributed by atoms with van der Waals surface area (Å²) in [4.78, 5) is 4.51. The molecule has 1 aromatic rings. The van der Waals surface area contributed by atoms with Crippen LogP contribution in [0.2, 0.25) is 0 Å². The van der Waals surface area contributed by atoms with Crippen molar-refractivity contribution in [1.29, 1.82) is 0 Å². The van der Waals surface area contributed by atoms with E-state index in [0.717, 1.165) is 38.5 Å². The van der Waals surface area contributed by atoms with Crippen molar-refractivity contribution < 1.29 is 13.9 Å². The topological polar surface area (TPSA) is 54.9 Å². The summed E-state index contributed by atoms with van der Waals surface area (Å²) in [5.74, 6) is 0.965. The summed E-state index contributed by atoms with van der Waals surface area (Å²) in [5.41, 5.74) is 0. The molecule has 0 radical (unpaired) electrons. The summed E-state index contributed by atoms with van der Waals surface area (Å²) in [7, 11) is 0. The molecule has 0 amide bonds. The van der Waals surface area contributed by atoms with Crippen LogP contribution < -0.4 is 15.4 Å². The van der Waals surface area contributed by atoms with Crippen molar-refractivity contribution in [3.8, 4) is 5.75 Å². The summed E-state index contributed by atoms with van der Waals surface area (Å²) in [6.45, 7) is 6.81. The molecule has 2 unspecified atom stereocenters. The van der Waals surface area contributed by atoms with E-state index >= 15 is 0 Å². The van der Waals surface area contributed by atoms with Crippen LogP contribution in [0.1, 0.15) is 26.7 Å².